The Bertz CT molecular complexity index is 1060. The third-order valence-electron chi connectivity index (χ3n) is 3.50. The Balaban J connectivity index is 1.90. The highest BCUT2D eigenvalue weighted by Gasteiger charge is 2.17. The molecule has 0 saturated carbocycles. The average Bonchev–Trinajstić information content (AvgIpc) is 2.85. The van der Waals surface area contributed by atoms with Crippen molar-refractivity contribution in [2.75, 3.05) is 5.32 Å². The number of nitrogens with one attached hydrogen (secondary N) is 1. The minimum absolute atomic E-state index is 0.149. The summed E-state index contributed by atoms with van der Waals surface area (Å²) >= 11 is 7.12. The molecule has 0 aliphatic heterocycles. The smallest absolute Gasteiger partial charge is 0.268 e. The molecule has 1 heterocycles. The van der Waals surface area contributed by atoms with Crippen LogP contribution in [0.15, 0.2) is 41.2 Å². The van der Waals surface area contributed by atoms with E-state index in [9.17, 15) is 18.8 Å². The summed E-state index contributed by atoms with van der Waals surface area (Å²) in [5.74, 6) is -1.65. The first-order valence-corrected chi connectivity index (χ1v) is 8.40. The molecule has 128 valence electrons. The highest BCUT2D eigenvalue weighted by molar-refractivity contribution is 7.14. The number of nitrogens with zero attached hydrogens (tertiary/aromatic N) is 1. The van der Waals surface area contributed by atoms with Crippen LogP contribution in [0.2, 0.25) is 5.02 Å². The van der Waals surface area contributed by atoms with E-state index >= 15 is 0 Å². The van der Waals surface area contributed by atoms with Gasteiger partial charge in [0.25, 0.3) is 5.56 Å². The molecule has 1 amide bonds. The third-order valence-corrected chi connectivity index (χ3v) is 5.07. The molecule has 2 aromatic carbocycles. The van der Waals surface area contributed by atoms with Gasteiger partial charge >= 0.3 is 0 Å². The molecule has 0 unspecified atom stereocenters. The van der Waals surface area contributed by atoms with Gasteiger partial charge in [0.2, 0.25) is 5.91 Å². The summed E-state index contributed by atoms with van der Waals surface area (Å²) in [4.78, 5) is 35.7. The lowest BCUT2D eigenvalue weighted by Gasteiger charge is -2.06. The molecule has 8 heteroatoms. The maximum absolute atomic E-state index is 14.1. The van der Waals surface area contributed by atoms with E-state index in [-0.39, 0.29) is 29.3 Å². The summed E-state index contributed by atoms with van der Waals surface area (Å²) in [6, 6.07) is 8.73. The van der Waals surface area contributed by atoms with E-state index in [1.54, 1.807) is 18.2 Å². The van der Waals surface area contributed by atoms with Crippen molar-refractivity contribution in [2.24, 2.45) is 0 Å². The lowest BCUT2D eigenvalue weighted by atomic mass is 10.1. The monoisotopic (exact) mass is 378 g/mol. The average molecular weight is 379 g/mol. The van der Waals surface area contributed by atoms with Gasteiger partial charge in [0.15, 0.2) is 5.78 Å². The predicted molar refractivity (Wildman–Crippen MR) is 96.1 cm³/mol. The molecular formula is C17H12ClFN2O3S. The van der Waals surface area contributed by atoms with Crippen molar-refractivity contribution in [3.8, 4) is 0 Å². The molecule has 25 heavy (non-hydrogen) atoms. The number of anilines is 1. The number of hydrogen-bond donors (Lipinski definition) is 1. The number of aromatic nitrogens is 1. The molecule has 0 spiro atoms. The zero-order valence-corrected chi connectivity index (χ0v) is 14.6. The van der Waals surface area contributed by atoms with Gasteiger partial charge in [-0.3, -0.25) is 18.3 Å². The number of carbonyl (C=O) groups is 2. The molecule has 3 aromatic rings. The van der Waals surface area contributed by atoms with Crippen LogP contribution in [-0.2, 0) is 11.3 Å². The molecule has 0 saturated heterocycles. The second kappa shape index (κ2) is 6.78. The Kier molecular flexibility index (Phi) is 4.69. The second-order valence-electron chi connectivity index (χ2n) is 5.35. The largest absolute Gasteiger partial charge is 0.326 e. The molecule has 1 aromatic heterocycles. The standard InChI is InChI=1S/C17H12ClFN2O3S/c1-9(22)20-10-5-6-11(14(19)7-10)15(23)8-21-17(24)12-3-2-4-13(18)16(12)25-21/h2-7H,8H2,1H3,(H,20,22). The minimum atomic E-state index is -0.761. The van der Waals surface area contributed by atoms with Crippen molar-refractivity contribution in [1.29, 1.82) is 0 Å². The van der Waals surface area contributed by atoms with Crippen molar-refractivity contribution in [2.45, 2.75) is 13.5 Å². The number of carbonyl (C=O) groups excluding carboxylic acids is 2. The van der Waals surface area contributed by atoms with Crippen molar-refractivity contribution in [1.82, 2.24) is 3.96 Å². The van der Waals surface area contributed by atoms with Crippen LogP contribution in [0.3, 0.4) is 0 Å². The van der Waals surface area contributed by atoms with Crippen molar-refractivity contribution < 1.29 is 14.0 Å². The first-order chi connectivity index (χ1) is 11.9. The van der Waals surface area contributed by atoms with Gasteiger partial charge in [-0.1, -0.05) is 29.2 Å². The van der Waals surface area contributed by atoms with E-state index in [0.717, 1.165) is 17.6 Å². The highest BCUT2D eigenvalue weighted by Crippen LogP contribution is 2.26. The van der Waals surface area contributed by atoms with Gasteiger partial charge < -0.3 is 5.32 Å². The van der Waals surface area contributed by atoms with Crippen LogP contribution < -0.4 is 10.9 Å². The molecule has 0 aliphatic rings. The number of fused-ring (bicyclic) bond motifs is 1. The zero-order valence-electron chi connectivity index (χ0n) is 13.0. The molecule has 0 radical (unpaired) electrons. The Labute approximate surface area is 150 Å². The summed E-state index contributed by atoms with van der Waals surface area (Å²) in [6.07, 6.45) is 0. The SMILES string of the molecule is CC(=O)Nc1ccc(C(=O)Cn2sc3c(Cl)cccc3c2=O)c(F)c1. The maximum atomic E-state index is 14.1. The molecule has 0 bridgehead atoms. The minimum Gasteiger partial charge on any atom is -0.326 e. The van der Waals surface area contributed by atoms with E-state index in [0.29, 0.717) is 15.1 Å². The fraction of sp³-hybridized carbons (Fsp3) is 0.118. The van der Waals surface area contributed by atoms with Crippen LogP contribution in [0.5, 0.6) is 0 Å². The van der Waals surface area contributed by atoms with E-state index < -0.39 is 11.6 Å². The van der Waals surface area contributed by atoms with E-state index in [1.165, 1.54) is 23.0 Å². The molecular weight excluding hydrogens is 367 g/mol. The molecule has 5 nitrogen and oxygen atoms in total. The van der Waals surface area contributed by atoms with Crippen LogP contribution in [0.1, 0.15) is 17.3 Å². The van der Waals surface area contributed by atoms with Gasteiger partial charge in [0.05, 0.1) is 20.7 Å². The number of rotatable bonds is 4. The van der Waals surface area contributed by atoms with Crippen molar-refractivity contribution >= 4 is 50.6 Å². The lowest BCUT2D eigenvalue weighted by molar-refractivity contribution is -0.114. The summed E-state index contributed by atoms with van der Waals surface area (Å²) in [5.41, 5.74) is -0.233. The van der Waals surface area contributed by atoms with E-state index in [1.807, 2.05) is 0 Å². The van der Waals surface area contributed by atoms with Crippen LogP contribution in [0, 0.1) is 5.82 Å². The van der Waals surface area contributed by atoms with Crippen LogP contribution in [0.25, 0.3) is 10.1 Å². The van der Waals surface area contributed by atoms with Crippen LogP contribution >= 0.6 is 23.1 Å². The Morgan fingerprint density at radius 3 is 2.68 bits per heavy atom. The zero-order chi connectivity index (χ0) is 18.1. The lowest BCUT2D eigenvalue weighted by Crippen LogP contribution is -2.19. The molecule has 0 aliphatic carbocycles. The maximum Gasteiger partial charge on any atom is 0.268 e. The van der Waals surface area contributed by atoms with Crippen LogP contribution in [-0.4, -0.2) is 15.6 Å². The van der Waals surface area contributed by atoms with Gasteiger partial charge in [-0.05, 0) is 30.3 Å². The number of amides is 1. The normalized spacial score (nSPS) is 10.8. The van der Waals surface area contributed by atoms with Gasteiger partial charge in [0, 0.05) is 12.6 Å². The van der Waals surface area contributed by atoms with Crippen molar-refractivity contribution in [3.05, 3.63) is 63.2 Å². The molecule has 0 atom stereocenters. The molecule has 0 fully saturated rings. The van der Waals surface area contributed by atoms with Crippen LogP contribution in [0.4, 0.5) is 10.1 Å². The van der Waals surface area contributed by atoms with E-state index in [4.69, 9.17) is 11.6 Å². The first-order valence-electron chi connectivity index (χ1n) is 7.25. The number of benzene rings is 2. The quantitative estimate of drug-likeness (QED) is 0.704. The Hall–Kier alpha value is -2.51. The topological polar surface area (TPSA) is 68.2 Å². The number of Topliss-reactive ketones (excluding diaryl/α,β-unsaturated/α-hetero) is 1. The molecule has 1 N–H and O–H groups in total. The number of halogens is 2. The number of hydrogen-bond acceptors (Lipinski definition) is 4. The third kappa shape index (κ3) is 3.47. The highest BCUT2D eigenvalue weighted by atomic mass is 35.5. The van der Waals surface area contributed by atoms with Gasteiger partial charge in [-0.25, -0.2) is 4.39 Å². The van der Waals surface area contributed by atoms with Gasteiger partial charge in [-0.15, -0.1) is 0 Å². The summed E-state index contributed by atoms with van der Waals surface area (Å²) in [5, 5.41) is 3.29. The fourth-order valence-corrected chi connectivity index (χ4v) is 3.67. The Morgan fingerprint density at radius 1 is 1.28 bits per heavy atom. The number of ketones is 1. The summed E-state index contributed by atoms with van der Waals surface area (Å²) < 4.78 is 16.0. The van der Waals surface area contributed by atoms with Gasteiger partial charge in [0.1, 0.15) is 12.4 Å². The first kappa shape index (κ1) is 17.3. The van der Waals surface area contributed by atoms with Crippen molar-refractivity contribution in [3.63, 3.8) is 0 Å². The molecule has 3 rings (SSSR count). The Morgan fingerprint density at radius 2 is 2.04 bits per heavy atom. The fourth-order valence-electron chi connectivity index (χ4n) is 2.40. The predicted octanol–water partition coefficient (Wildman–Crippen LogP) is 3.70. The van der Waals surface area contributed by atoms with Gasteiger partial charge in [-0.2, -0.15) is 0 Å². The summed E-state index contributed by atoms with van der Waals surface area (Å²) in [7, 11) is 0. The van der Waals surface area contributed by atoms with E-state index in [2.05, 4.69) is 5.32 Å². The second-order valence-corrected chi connectivity index (χ2v) is 6.79. The summed E-state index contributed by atoms with van der Waals surface area (Å²) in [6.45, 7) is 1.01.